The van der Waals surface area contributed by atoms with E-state index in [2.05, 4.69) is 167 Å². The summed E-state index contributed by atoms with van der Waals surface area (Å²) in [5.41, 5.74) is 6.54. The number of fused-ring (bicyclic) bond motifs is 8. The minimum Gasteiger partial charge on any atom is -0.330 e. The van der Waals surface area contributed by atoms with Gasteiger partial charge in [0.25, 0.3) is 0 Å². The number of hydrogen-bond donors (Lipinski definition) is 1. The molecule has 11 rings (SSSR count). The van der Waals surface area contributed by atoms with Crippen LogP contribution in [-0.2, 0) is 0 Å². The number of rotatable bonds is 3. The maximum atomic E-state index is 5.42. The number of benzene rings is 3. The second-order valence-corrected chi connectivity index (χ2v) is 15.5. The zero-order chi connectivity index (χ0) is 34.2. The molecule has 5 aliphatic carbocycles. The molecule has 0 radical (unpaired) electrons. The Kier molecular flexibility index (Phi) is 7.11. The van der Waals surface area contributed by atoms with Crippen molar-refractivity contribution in [3.05, 3.63) is 172 Å². The van der Waals surface area contributed by atoms with E-state index in [9.17, 15) is 0 Å². The Bertz CT molecular complexity index is 2320. The molecule has 8 aliphatic rings. The first-order chi connectivity index (χ1) is 25.8. The van der Waals surface area contributed by atoms with Gasteiger partial charge in [0.1, 0.15) is 6.17 Å². The van der Waals surface area contributed by atoms with E-state index >= 15 is 0 Å². The van der Waals surface area contributed by atoms with Gasteiger partial charge in [0.2, 0.25) is 5.96 Å². The summed E-state index contributed by atoms with van der Waals surface area (Å²) in [5.74, 6) is 3.24. The van der Waals surface area contributed by atoms with Crippen LogP contribution in [0.1, 0.15) is 48.4 Å². The van der Waals surface area contributed by atoms with Crippen molar-refractivity contribution in [1.29, 1.82) is 0 Å². The van der Waals surface area contributed by atoms with E-state index in [4.69, 9.17) is 9.98 Å². The highest BCUT2D eigenvalue weighted by Gasteiger charge is 2.57. The van der Waals surface area contributed by atoms with Crippen LogP contribution in [0.15, 0.2) is 155 Å². The third-order valence-corrected chi connectivity index (χ3v) is 12.9. The van der Waals surface area contributed by atoms with E-state index in [0.717, 1.165) is 43.0 Å². The van der Waals surface area contributed by atoms with Crippen molar-refractivity contribution in [1.82, 2.24) is 15.1 Å². The van der Waals surface area contributed by atoms with Crippen LogP contribution >= 0.6 is 0 Å². The fraction of sp³-hybridized carbons (Fsp3) is 0.277. The predicted octanol–water partition coefficient (Wildman–Crippen LogP) is 7.04. The predicted molar refractivity (Wildman–Crippen MR) is 211 cm³/mol. The quantitative estimate of drug-likeness (QED) is 0.303. The first-order valence-corrected chi connectivity index (χ1v) is 19.3. The van der Waals surface area contributed by atoms with Crippen molar-refractivity contribution in [2.24, 2.45) is 33.7 Å². The minimum atomic E-state index is -0.150. The van der Waals surface area contributed by atoms with Gasteiger partial charge in [-0.25, -0.2) is 4.99 Å². The molecule has 9 atom stereocenters. The molecule has 5 heteroatoms. The molecule has 2 saturated heterocycles. The highest BCUT2D eigenvalue weighted by atomic mass is 15.4. The number of aliphatic imine (C=N–C) groups is 2. The Morgan fingerprint density at radius 1 is 0.712 bits per heavy atom. The number of nitrogens with zero attached hydrogens (tertiary/aromatic N) is 4. The highest BCUT2D eigenvalue weighted by molar-refractivity contribution is 6.08. The van der Waals surface area contributed by atoms with Crippen LogP contribution < -0.4 is 15.8 Å². The van der Waals surface area contributed by atoms with Crippen LogP contribution in [0.2, 0.25) is 0 Å². The SMILES string of the molecule is C1=CCCC(C2N=C(c3ccccc3)N=C(N3C4=Cc5ccccc5C(N5C6C=CC=CC6C6C=c7ccccc7=CC65)C4C4C=CCCC43)N2)=C1. The number of amidine groups is 1. The van der Waals surface area contributed by atoms with E-state index in [0.29, 0.717) is 35.9 Å². The van der Waals surface area contributed by atoms with Gasteiger partial charge in [0.15, 0.2) is 5.84 Å². The van der Waals surface area contributed by atoms with E-state index in [1.807, 2.05) is 0 Å². The molecule has 0 saturated carbocycles. The average molecular weight is 678 g/mol. The second-order valence-electron chi connectivity index (χ2n) is 15.5. The summed E-state index contributed by atoms with van der Waals surface area (Å²) in [5, 5.41) is 6.64. The lowest BCUT2D eigenvalue weighted by molar-refractivity contribution is 0.117. The number of likely N-dealkylation sites (tertiary alicyclic amines) is 2. The zero-order valence-corrected chi connectivity index (χ0v) is 29.2. The van der Waals surface area contributed by atoms with E-state index < -0.39 is 0 Å². The maximum absolute atomic E-state index is 5.42. The molecule has 52 heavy (non-hydrogen) atoms. The summed E-state index contributed by atoms with van der Waals surface area (Å²) in [6.45, 7) is 0. The molecule has 3 aliphatic heterocycles. The first kappa shape index (κ1) is 30.4. The van der Waals surface area contributed by atoms with Crippen molar-refractivity contribution >= 4 is 30.0 Å². The van der Waals surface area contributed by atoms with Crippen LogP contribution in [0, 0.1) is 23.7 Å². The highest BCUT2D eigenvalue weighted by Crippen LogP contribution is 2.58. The Morgan fingerprint density at radius 3 is 2.42 bits per heavy atom. The molecular formula is C47H43N5. The maximum Gasteiger partial charge on any atom is 0.207 e. The van der Waals surface area contributed by atoms with Gasteiger partial charge >= 0.3 is 0 Å². The summed E-state index contributed by atoms with van der Waals surface area (Å²) < 4.78 is 0. The normalized spacial score (nSPS) is 33.4. The van der Waals surface area contributed by atoms with Gasteiger partial charge in [-0.3, -0.25) is 4.90 Å². The van der Waals surface area contributed by atoms with Gasteiger partial charge in [0, 0.05) is 59.1 Å². The molecule has 3 aromatic carbocycles. The monoisotopic (exact) mass is 677 g/mol. The smallest absolute Gasteiger partial charge is 0.207 e. The van der Waals surface area contributed by atoms with Gasteiger partial charge in [0.05, 0.1) is 0 Å². The van der Waals surface area contributed by atoms with Crippen molar-refractivity contribution in [2.75, 3.05) is 0 Å². The molecule has 2 fully saturated rings. The van der Waals surface area contributed by atoms with Gasteiger partial charge in [-0.2, -0.15) is 4.99 Å². The Hall–Kier alpha value is -5.26. The lowest BCUT2D eigenvalue weighted by Gasteiger charge is -2.44. The Balaban J connectivity index is 1.08. The topological polar surface area (TPSA) is 43.2 Å². The van der Waals surface area contributed by atoms with Crippen LogP contribution in [-0.4, -0.2) is 45.9 Å². The van der Waals surface area contributed by atoms with Crippen molar-refractivity contribution < 1.29 is 0 Å². The molecular weight excluding hydrogens is 635 g/mol. The Morgan fingerprint density at radius 2 is 1.54 bits per heavy atom. The fourth-order valence-corrected chi connectivity index (χ4v) is 10.7. The van der Waals surface area contributed by atoms with Crippen molar-refractivity contribution in [3.63, 3.8) is 0 Å². The number of guanidine groups is 1. The van der Waals surface area contributed by atoms with Gasteiger partial charge < -0.3 is 10.2 Å². The summed E-state index contributed by atoms with van der Waals surface area (Å²) in [7, 11) is 0. The van der Waals surface area contributed by atoms with E-state index in [1.165, 1.54) is 32.8 Å². The third-order valence-electron chi connectivity index (χ3n) is 12.9. The largest absolute Gasteiger partial charge is 0.330 e. The Labute approximate surface area is 305 Å². The fourth-order valence-electron chi connectivity index (χ4n) is 10.7. The number of nitrogens with one attached hydrogen (secondary N) is 1. The zero-order valence-electron chi connectivity index (χ0n) is 29.2. The lowest BCUT2D eigenvalue weighted by Crippen LogP contribution is -2.51. The molecule has 0 amide bonds. The summed E-state index contributed by atoms with van der Waals surface area (Å²) in [6.07, 6.45) is 33.0. The van der Waals surface area contributed by atoms with Crippen LogP contribution in [0.3, 0.4) is 0 Å². The minimum absolute atomic E-state index is 0.150. The average Bonchev–Trinajstić information content (AvgIpc) is 3.71. The molecule has 5 nitrogen and oxygen atoms in total. The number of hydrogen-bond acceptors (Lipinski definition) is 5. The summed E-state index contributed by atoms with van der Waals surface area (Å²) >= 11 is 0. The molecule has 9 unspecified atom stereocenters. The molecule has 3 aromatic rings. The first-order valence-electron chi connectivity index (χ1n) is 19.3. The number of allylic oxidation sites excluding steroid dienone is 6. The van der Waals surface area contributed by atoms with Crippen LogP contribution in [0.5, 0.6) is 0 Å². The molecule has 3 heterocycles. The molecule has 0 spiro atoms. The summed E-state index contributed by atoms with van der Waals surface area (Å²) in [4.78, 5) is 16.2. The van der Waals surface area contributed by atoms with Crippen LogP contribution in [0.4, 0.5) is 0 Å². The summed E-state index contributed by atoms with van der Waals surface area (Å²) in [6, 6.07) is 29.9. The van der Waals surface area contributed by atoms with E-state index in [1.54, 1.807) is 0 Å². The van der Waals surface area contributed by atoms with Gasteiger partial charge in [-0.05, 0) is 58.9 Å². The second kappa shape index (κ2) is 12.2. The molecule has 0 aromatic heterocycles. The lowest BCUT2D eigenvalue weighted by atomic mass is 9.73. The van der Waals surface area contributed by atoms with Crippen LogP contribution in [0.25, 0.3) is 18.2 Å². The van der Waals surface area contributed by atoms with Crippen molar-refractivity contribution in [2.45, 2.75) is 56.0 Å². The molecule has 1 N–H and O–H groups in total. The molecule has 256 valence electrons. The van der Waals surface area contributed by atoms with Crippen molar-refractivity contribution in [3.8, 4) is 0 Å². The standard InChI is InChI=1S/C47H43N5/c1-3-15-30(16-4-1)45-48-46(31-17-5-2-6-18-31)50-47(49-45)52-40-26-14-12-24-37(40)43-42(52)29-34-21-9-10-22-35(34)44(43)51-39-25-13-11-23-36(39)38-27-32-19-7-8-20-33(32)28-41(38)51/h1-5,7-13,15-17,19-25,27-29,36-41,43-44,46H,6,14,18,26H2,(H,48,49,50). The third kappa shape index (κ3) is 4.71. The molecule has 0 bridgehead atoms. The van der Waals surface area contributed by atoms with Gasteiger partial charge in [-0.1, -0.05) is 146 Å². The van der Waals surface area contributed by atoms with E-state index in [-0.39, 0.29) is 18.1 Å². The van der Waals surface area contributed by atoms with Gasteiger partial charge in [-0.15, -0.1) is 0 Å².